The van der Waals surface area contributed by atoms with E-state index in [1.54, 1.807) is 12.1 Å². The average Bonchev–Trinajstić information content (AvgIpc) is 3.14. The van der Waals surface area contributed by atoms with Crippen molar-refractivity contribution in [2.45, 2.75) is 43.4 Å². The van der Waals surface area contributed by atoms with Gasteiger partial charge in [0, 0.05) is 24.3 Å². The number of hydrogen-bond donors (Lipinski definition) is 2. The lowest BCUT2D eigenvalue weighted by molar-refractivity contribution is -0.139. The monoisotopic (exact) mass is 548 g/mol. The third-order valence-corrected chi connectivity index (χ3v) is 8.68. The Balaban J connectivity index is 1.30. The predicted octanol–water partition coefficient (Wildman–Crippen LogP) is 5.18. The van der Waals surface area contributed by atoms with Crippen molar-refractivity contribution in [1.82, 2.24) is 0 Å². The van der Waals surface area contributed by atoms with Crippen molar-refractivity contribution in [2.75, 3.05) is 26.4 Å². The highest BCUT2D eigenvalue weighted by Gasteiger charge is 2.57. The minimum Gasteiger partial charge on any atom is -0.508 e. The standard InChI is InChI=1S/C32H36O8/c1-3-30(35)39-7-5-37-26-12-21(11-24(33)15-26)28-10-20-9-22-18-32(17-20,19-29(22)28)23-13-25(34)16-27(14-23)38-6-8-40-31(36)4-2/h3-4,11-16,20,22,28-29,33-34H,1-2,5-10,17-19H2. The van der Waals surface area contributed by atoms with Gasteiger partial charge in [0.25, 0.3) is 0 Å². The molecule has 0 amide bonds. The number of benzene rings is 2. The number of phenols is 2. The largest absolute Gasteiger partial charge is 0.508 e. The van der Waals surface area contributed by atoms with Crippen molar-refractivity contribution in [2.24, 2.45) is 17.8 Å². The summed E-state index contributed by atoms with van der Waals surface area (Å²) in [4.78, 5) is 22.5. The molecule has 5 atom stereocenters. The van der Waals surface area contributed by atoms with Gasteiger partial charge in [0.2, 0.25) is 0 Å². The molecule has 0 aromatic heterocycles. The van der Waals surface area contributed by atoms with Crippen LogP contribution in [0.2, 0.25) is 0 Å². The Kier molecular flexibility index (Phi) is 8.05. The first-order valence-corrected chi connectivity index (χ1v) is 13.8. The van der Waals surface area contributed by atoms with Crippen LogP contribution in [0.5, 0.6) is 23.0 Å². The molecule has 0 saturated heterocycles. The van der Waals surface area contributed by atoms with Crippen molar-refractivity contribution in [3.8, 4) is 23.0 Å². The molecule has 2 N–H and O–H groups in total. The highest BCUT2D eigenvalue weighted by molar-refractivity contribution is 5.81. The summed E-state index contributed by atoms with van der Waals surface area (Å²) in [5.41, 5.74) is 2.13. The van der Waals surface area contributed by atoms with Crippen LogP contribution in [-0.4, -0.2) is 48.6 Å². The maximum Gasteiger partial charge on any atom is 0.330 e. The van der Waals surface area contributed by atoms with Crippen molar-refractivity contribution >= 4 is 11.9 Å². The molecule has 0 aliphatic heterocycles. The number of fused-ring (bicyclic) bond motifs is 2. The number of ether oxygens (including phenoxy) is 4. The summed E-state index contributed by atoms with van der Waals surface area (Å²) in [6.07, 6.45) is 7.58. The van der Waals surface area contributed by atoms with E-state index >= 15 is 0 Å². The molecular weight excluding hydrogens is 512 g/mol. The summed E-state index contributed by atoms with van der Waals surface area (Å²) in [5, 5.41) is 21.0. The van der Waals surface area contributed by atoms with Gasteiger partial charge in [-0.3, -0.25) is 0 Å². The fourth-order valence-corrected chi connectivity index (χ4v) is 7.36. The van der Waals surface area contributed by atoms with Gasteiger partial charge >= 0.3 is 11.9 Å². The molecule has 5 rings (SSSR count). The molecule has 3 aliphatic carbocycles. The number of carbonyl (C=O) groups is 2. The minimum absolute atomic E-state index is 0.0374. The fraction of sp³-hybridized carbons (Fsp3) is 0.438. The first kappa shape index (κ1) is 27.6. The molecule has 0 spiro atoms. The van der Waals surface area contributed by atoms with Gasteiger partial charge in [0.1, 0.15) is 49.4 Å². The molecule has 2 aromatic carbocycles. The number of hydrogen-bond acceptors (Lipinski definition) is 8. The zero-order chi connectivity index (χ0) is 28.3. The second-order valence-corrected chi connectivity index (χ2v) is 11.2. The van der Waals surface area contributed by atoms with Gasteiger partial charge in [-0.25, -0.2) is 9.59 Å². The first-order chi connectivity index (χ1) is 19.3. The van der Waals surface area contributed by atoms with E-state index in [4.69, 9.17) is 18.9 Å². The van der Waals surface area contributed by atoms with Crippen molar-refractivity contribution in [3.05, 3.63) is 72.8 Å². The molecule has 3 saturated carbocycles. The molecule has 8 heteroatoms. The highest BCUT2D eigenvalue weighted by atomic mass is 16.6. The maximum absolute atomic E-state index is 11.3. The lowest BCUT2D eigenvalue weighted by Gasteiger charge is -2.43. The lowest BCUT2D eigenvalue weighted by Crippen LogP contribution is -2.33. The van der Waals surface area contributed by atoms with Crippen LogP contribution in [0.1, 0.15) is 49.1 Å². The van der Waals surface area contributed by atoms with Gasteiger partial charge in [-0.1, -0.05) is 13.2 Å². The number of aromatic hydroxyl groups is 2. The Morgan fingerprint density at radius 2 is 1.43 bits per heavy atom. The molecule has 2 aromatic rings. The van der Waals surface area contributed by atoms with E-state index in [9.17, 15) is 19.8 Å². The van der Waals surface area contributed by atoms with Crippen LogP contribution in [0.3, 0.4) is 0 Å². The zero-order valence-electron chi connectivity index (χ0n) is 22.6. The Morgan fingerprint density at radius 3 is 2.08 bits per heavy atom. The van der Waals surface area contributed by atoms with Crippen molar-refractivity contribution in [1.29, 1.82) is 0 Å². The molecular formula is C32H36O8. The second kappa shape index (κ2) is 11.7. The van der Waals surface area contributed by atoms with E-state index in [0.717, 1.165) is 49.0 Å². The smallest absolute Gasteiger partial charge is 0.330 e. The molecule has 40 heavy (non-hydrogen) atoms. The molecule has 0 radical (unpaired) electrons. The summed E-state index contributed by atoms with van der Waals surface area (Å²) in [6.45, 7) is 7.33. The zero-order valence-corrected chi connectivity index (χ0v) is 22.6. The van der Waals surface area contributed by atoms with E-state index in [0.29, 0.717) is 35.2 Å². The minimum atomic E-state index is -0.498. The normalized spacial score (nSPS) is 26.1. The third-order valence-electron chi connectivity index (χ3n) is 8.68. The van der Waals surface area contributed by atoms with Crippen LogP contribution in [0.4, 0.5) is 0 Å². The van der Waals surface area contributed by atoms with Gasteiger partial charge in [-0.2, -0.15) is 0 Å². The van der Waals surface area contributed by atoms with Crippen LogP contribution in [-0.2, 0) is 24.5 Å². The molecule has 5 unspecified atom stereocenters. The Hall–Kier alpha value is -3.94. The SMILES string of the molecule is C=CC(=O)OCCOc1cc(O)cc(C2CC3CC4CC(c5cc(O)cc(OCCOC(=O)C=C)c5)(C3)CC42)c1. The van der Waals surface area contributed by atoms with Crippen LogP contribution in [0.15, 0.2) is 61.7 Å². The molecule has 3 aliphatic rings. The highest BCUT2D eigenvalue weighted by Crippen LogP contribution is 2.66. The Morgan fingerprint density at radius 1 is 0.800 bits per heavy atom. The molecule has 212 valence electrons. The van der Waals surface area contributed by atoms with Crippen LogP contribution >= 0.6 is 0 Å². The van der Waals surface area contributed by atoms with Crippen LogP contribution in [0, 0.1) is 17.8 Å². The van der Waals surface area contributed by atoms with Crippen LogP contribution < -0.4 is 9.47 Å². The van der Waals surface area contributed by atoms with Gasteiger partial charge in [0.05, 0.1) is 0 Å². The molecule has 3 bridgehead atoms. The average molecular weight is 549 g/mol. The first-order valence-electron chi connectivity index (χ1n) is 13.8. The summed E-state index contributed by atoms with van der Waals surface area (Å²) >= 11 is 0. The lowest BCUT2D eigenvalue weighted by atomic mass is 9.62. The van der Waals surface area contributed by atoms with Crippen molar-refractivity contribution in [3.63, 3.8) is 0 Å². The summed E-state index contributed by atoms with van der Waals surface area (Å²) in [6, 6.07) is 10.9. The fourth-order valence-electron chi connectivity index (χ4n) is 7.36. The Labute approximate surface area is 234 Å². The summed E-state index contributed by atoms with van der Waals surface area (Å²) < 4.78 is 21.6. The van der Waals surface area contributed by atoms with E-state index in [2.05, 4.69) is 13.2 Å². The van der Waals surface area contributed by atoms with E-state index < -0.39 is 11.9 Å². The van der Waals surface area contributed by atoms with E-state index in [1.165, 1.54) is 6.42 Å². The third kappa shape index (κ3) is 5.96. The quantitative estimate of drug-likeness (QED) is 0.212. The molecule has 0 heterocycles. The van der Waals surface area contributed by atoms with E-state index in [1.807, 2.05) is 24.3 Å². The van der Waals surface area contributed by atoms with Gasteiger partial charge in [0.15, 0.2) is 0 Å². The summed E-state index contributed by atoms with van der Waals surface area (Å²) in [5.74, 6) is 2.30. The molecule has 8 nitrogen and oxygen atoms in total. The number of esters is 2. The number of carbonyl (C=O) groups excluding carboxylic acids is 2. The second-order valence-electron chi connectivity index (χ2n) is 11.2. The van der Waals surface area contributed by atoms with E-state index in [-0.39, 0.29) is 43.3 Å². The Bertz CT molecular complexity index is 1290. The number of phenolic OH excluding ortho intramolecular Hbond substituents is 2. The van der Waals surface area contributed by atoms with Gasteiger partial charge < -0.3 is 29.2 Å². The van der Waals surface area contributed by atoms with Crippen LogP contribution in [0.25, 0.3) is 0 Å². The number of rotatable bonds is 12. The van der Waals surface area contributed by atoms with Gasteiger partial charge in [-0.15, -0.1) is 0 Å². The van der Waals surface area contributed by atoms with Crippen molar-refractivity contribution < 1.29 is 38.7 Å². The summed E-state index contributed by atoms with van der Waals surface area (Å²) in [7, 11) is 0. The topological polar surface area (TPSA) is 112 Å². The predicted molar refractivity (Wildman–Crippen MR) is 147 cm³/mol. The van der Waals surface area contributed by atoms with Gasteiger partial charge in [-0.05, 0) is 96.6 Å². The molecule has 3 fully saturated rings. The maximum atomic E-state index is 11.3.